The Hall–Kier alpha value is -2.60. The molecule has 0 fully saturated rings. The summed E-state index contributed by atoms with van der Waals surface area (Å²) in [6, 6.07) is 15.3. The molecule has 126 valence electrons. The van der Waals surface area contributed by atoms with Gasteiger partial charge in [-0.1, -0.05) is 17.7 Å². The molecule has 0 spiro atoms. The first kappa shape index (κ1) is 17.2. The molecule has 0 aliphatic heterocycles. The van der Waals surface area contributed by atoms with Crippen molar-refractivity contribution in [3.63, 3.8) is 0 Å². The molecule has 6 nitrogen and oxygen atoms in total. The summed E-state index contributed by atoms with van der Waals surface area (Å²) >= 11 is 6.74. The molecule has 0 aliphatic rings. The Balaban J connectivity index is 1.73. The van der Waals surface area contributed by atoms with Gasteiger partial charge < -0.3 is 5.32 Å². The number of halogens is 1. The summed E-state index contributed by atoms with van der Waals surface area (Å²) in [5.41, 5.74) is 1.94. The largest absolute Gasteiger partial charge is 0.354 e. The van der Waals surface area contributed by atoms with Crippen LogP contribution in [-0.2, 0) is 10.0 Å². The van der Waals surface area contributed by atoms with Crippen LogP contribution in [0.2, 0.25) is 4.34 Å². The third-order valence-electron chi connectivity index (χ3n) is 3.10. The lowest BCUT2D eigenvalue weighted by Crippen LogP contribution is -2.12. The minimum atomic E-state index is -3.71. The Morgan fingerprint density at radius 3 is 2.60 bits per heavy atom. The van der Waals surface area contributed by atoms with Crippen LogP contribution in [0, 0.1) is 11.3 Å². The van der Waals surface area contributed by atoms with Gasteiger partial charge in [0.25, 0.3) is 10.0 Å². The Morgan fingerprint density at radius 1 is 1.12 bits per heavy atom. The first-order valence-corrected chi connectivity index (χ1v) is 9.65. The number of pyridine rings is 1. The van der Waals surface area contributed by atoms with E-state index in [1.807, 2.05) is 6.07 Å². The third-order valence-corrected chi connectivity index (χ3v) is 6.17. The van der Waals surface area contributed by atoms with Crippen molar-refractivity contribution in [3.05, 3.63) is 64.6 Å². The number of aromatic nitrogens is 1. The number of rotatable bonds is 5. The van der Waals surface area contributed by atoms with Crippen LogP contribution in [0.15, 0.2) is 58.9 Å². The topological polar surface area (TPSA) is 94.9 Å². The van der Waals surface area contributed by atoms with Gasteiger partial charge in [-0.3, -0.25) is 4.72 Å². The summed E-state index contributed by atoms with van der Waals surface area (Å²) in [7, 11) is -3.71. The zero-order chi connectivity index (χ0) is 17.9. The summed E-state index contributed by atoms with van der Waals surface area (Å²) in [5, 5.41) is 12.0. The fourth-order valence-corrected chi connectivity index (χ4v) is 4.48. The normalized spacial score (nSPS) is 10.9. The van der Waals surface area contributed by atoms with Gasteiger partial charge in [0.05, 0.1) is 27.9 Å². The van der Waals surface area contributed by atoms with E-state index in [-0.39, 0.29) is 10.0 Å². The highest BCUT2D eigenvalue weighted by Gasteiger charge is 2.17. The average molecular weight is 391 g/mol. The van der Waals surface area contributed by atoms with E-state index in [2.05, 4.69) is 21.1 Å². The van der Waals surface area contributed by atoms with E-state index in [0.717, 1.165) is 17.0 Å². The van der Waals surface area contributed by atoms with Crippen LogP contribution in [0.1, 0.15) is 5.56 Å². The first-order valence-electron chi connectivity index (χ1n) is 6.98. The summed E-state index contributed by atoms with van der Waals surface area (Å²) in [6.07, 6.45) is 1.50. The second kappa shape index (κ2) is 7.11. The smallest absolute Gasteiger partial charge is 0.272 e. The van der Waals surface area contributed by atoms with E-state index in [1.165, 1.54) is 18.3 Å². The Kier molecular flexibility index (Phi) is 4.90. The average Bonchev–Trinajstić information content (AvgIpc) is 3.04. The maximum Gasteiger partial charge on any atom is 0.272 e. The monoisotopic (exact) mass is 390 g/mol. The van der Waals surface area contributed by atoms with Gasteiger partial charge in [0.1, 0.15) is 10.0 Å². The molecule has 0 saturated carbocycles. The summed E-state index contributed by atoms with van der Waals surface area (Å²) < 4.78 is 27.3. The number of benzene rings is 1. The maximum atomic E-state index is 12.2. The third kappa shape index (κ3) is 4.28. The molecule has 25 heavy (non-hydrogen) atoms. The lowest BCUT2D eigenvalue weighted by Gasteiger charge is -2.08. The Morgan fingerprint density at radius 2 is 1.96 bits per heavy atom. The quantitative estimate of drug-likeness (QED) is 0.680. The van der Waals surface area contributed by atoms with E-state index in [0.29, 0.717) is 15.6 Å². The Bertz CT molecular complexity index is 1040. The van der Waals surface area contributed by atoms with E-state index in [4.69, 9.17) is 16.9 Å². The molecule has 0 radical (unpaired) electrons. The van der Waals surface area contributed by atoms with Crippen LogP contribution in [0.5, 0.6) is 0 Å². The number of nitriles is 1. The lowest BCUT2D eigenvalue weighted by molar-refractivity contribution is 0.603. The molecule has 0 aliphatic carbocycles. The molecule has 0 unspecified atom stereocenters. The zero-order valence-corrected chi connectivity index (χ0v) is 15.0. The van der Waals surface area contributed by atoms with Crippen LogP contribution in [0.3, 0.4) is 0 Å². The standard InChI is InChI=1S/C16H11ClN4O2S2/c17-14-5-7-16(24-14)25(22,23)21-15-6-4-13(10-19-15)20-12-3-1-2-11(8-12)9-18/h1-8,10,20H,(H,19,21). The first-order chi connectivity index (χ1) is 12.0. The minimum Gasteiger partial charge on any atom is -0.354 e. The van der Waals surface area contributed by atoms with Crippen molar-refractivity contribution < 1.29 is 8.42 Å². The number of hydrogen-bond acceptors (Lipinski definition) is 6. The highest BCUT2D eigenvalue weighted by atomic mass is 35.5. The van der Waals surface area contributed by atoms with Crippen molar-refractivity contribution >= 4 is 50.2 Å². The molecule has 0 bridgehead atoms. The predicted molar refractivity (Wildman–Crippen MR) is 98.8 cm³/mol. The summed E-state index contributed by atoms with van der Waals surface area (Å²) in [5.74, 6) is 0.195. The van der Waals surface area contributed by atoms with Crippen molar-refractivity contribution in [3.8, 4) is 6.07 Å². The highest BCUT2D eigenvalue weighted by molar-refractivity contribution is 7.94. The molecule has 3 rings (SSSR count). The predicted octanol–water partition coefficient (Wildman–Crippen LogP) is 4.21. The van der Waals surface area contributed by atoms with Gasteiger partial charge in [-0.25, -0.2) is 13.4 Å². The van der Waals surface area contributed by atoms with Crippen LogP contribution >= 0.6 is 22.9 Å². The van der Waals surface area contributed by atoms with Gasteiger partial charge in [-0.15, -0.1) is 11.3 Å². The van der Waals surface area contributed by atoms with E-state index in [1.54, 1.807) is 30.3 Å². The number of thiophene rings is 1. The number of nitrogens with zero attached hydrogens (tertiary/aromatic N) is 2. The summed E-state index contributed by atoms with van der Waals surface area (Å²) in [6.45, 7) is 0. The van der Waals surface area contributed by atoms with Gasteiger partial charge in [0.2, 0.25) is 0 Å². The zero-order valence-electron chi connectivity index (χ0n) is 12.6. The molecule has 2 N–H and O–H groups in total. The highest BCUT2D eigenvalue weighted by Crippen LogP contribution is 2.27. The van der Waals surface area contributed by atoms with Crippen LogP contribution in [-0.4, -0.2) is 13.4 Å². The van der Waals surface area contributed by atoms with Crippen molar-refractivity contribution in [2.45, 2.75) is 4.21 Å². The molecule has 2 aromatic heterocycles. The molecule has 9 heteroatoms. The molecule has 0 atom stereocenters. The number of sulfonamides is 1. The second-order valence-electron chi connectivity index (χ2n) is 4.91. The minimum absolute atomic E-state index is 0.120. The fraction of sp³-hybridized carbons (Fsp3) is 0. The number of nitrogens with one attached hydrogen (secondary N) is 2. The molecule has 0 saturated heterocycles. The lowest BCUT2D eigenvalue weighted by atomic mass is 10.2. The van der Waals surface area contributed by atoms with E-state index < -0.39 is 10.0 Å². The van der Waals surface area contributed by atoms with E-state index >= 15 is 0 Å². The molecule has 3 aromatic rings. The van der Waals surface area contributed by atoms with Gasteiger partial charge in [0.15, 0.2) is 0 Å². The fourth-order valence-electron chi connectivity index (χ4n) is 1.99. The van der Waals surface area contributed by atoms with Crippen molar-refractivity contribution in [1.82, 2.24) is 4.98 Å². The van der Waals surface area contributed by atoms with Crippen molar-refractivity contribution in [2.75, 3.05) is 10.0 Å². The van der Waals surface area contributed by atoms with Gasteiger partial charge >= 0.3 is 0 Å². The van der Waals surface area contributed by atoms with Crippen LogP contribution in [0.25, 0.3) is 0 Å². The van der Waals surface area contributed by atoms with Crippen molar-refractivity contribution in [1.29, 1.82) is 5.26 Å². The summed E-state index contributed by atoms with van der Waals surface area (Å²) in [4.78, 5) is 4.09. The second-order valence-corrected chi connectivity index (χ2v) is 8.54. The molecule has 2 heterocycles. The molecule has 0 amide bonds. The van der Waals surface area contributed by atoms with Crippen LogP contribution < -0.4 is 10.0 Å². The van der Waals surface area contributed by atoms with Gasteiger partial charge in [-0.05, 0) is 42.5 Å². The maximum absolute atomic E-state index is 12.2. The van der Waals surface area contributed by atoms with Crippen molar-refractivity contribution in [2.24, 2.45) is 0 Å². The molecule has 1 aromatic carbocycles. The number of hydrogen-bond donors (Lipinski definition) is 2. The van der Waals surface area contributed by atoms with Crippen LogP contribution in [0.4, 0.5) is 17.2 Å². The number of anilines is 3. The SMILES string of the molecule is N#Cc1cccc(Nc2ccc(NS(=O)(=O)c3ccc(Cl)s3)nc2)c1. The molecular weight excluding hydrogens is 380 g/mol. The van der Waals surface area contributed by atoms with Gasteiger partial charge in [0, 0.05) is 5.69 Å². The molecular formula is C16H11ClN4O2S2. The van der Waals surface area contributed by atoms with E-state index in [9.17, 15) is 8.42 Å². The Labute approximate surface area is 153 Å². The van der Waals surface area contributed by atoms with Gasteiger partial charge in [-0.2, -0.15) is 5.26 Å².